The van der Waals surface area contributed by atoms with E-state index >= 15 is 0 Å². The summed E-state index contributed by atoms with van der Waals surface area (Å²) in [6.07, 6.45) is 2.32. The van der Waals surface area contributed by atoms with Gasteiger partial charge in [-0.15, -0.1) is 0 Å². The van der Waals surface area contributed by atoms with Crippen molar-refractivity contribution >= 4 is 12.0 Å². The number of methoxy groups -OCH3 is 1. The van der Waals surface area contributed by atoms with E-state index in [0.717, 1.165) is 19.1 Å². The van der Waals surface area contributed by atoms with E-state index in [4.69, 9.17) is 4.74 Å². The molecule has 1 aromatic carbocycles. The first-order chi connectivity index (χ1) is 7.63. The minimum absolute atomic E-state index is 0.0103. The van der Waals surface area contributed by atoms with Crippen LogP contribution in [0.5, 0.6) is 5.75 Å². The van der Waals surface area contributed by atoms with Crippen LogP contribution in [0.1, 0.15) is 18.4 Å². The molecule has 0 atom stereocenters. The molecule has 0 saturated heterocycles. The topological polar surface area (TPSA) is 69.4 Å². The summed E-state index contributed by atoms with van der Waals surface area (Å²) in [5.74, 6) is 0.537. The molecule has 0 unspecified atom stereocenters. The maximum Gasteiger partial charge on any atom is 0.270 e. The number of ether oxygens (including phenoxy) is 1. The van der Waals surface area contributed by atoms with Gasteiger partial charge in [0.25, 0.3) is 5.69 Å². The first-order valence-electron chi connectivity index (χ1n) is 4.92. The van der Waals surface area contributed by atoms with Crippen molar-refractivity contribution in [3.8, 4) is 5.75 Å². The van der Waals surface area contributed by atoms with Crippen LogP contribution >= 0.6 is 0 Å². The van der Waals surface area contributed by atoms with Crippen molar-refractivity contribution in [2.75, 3.05) is 7.11 Å². The van der Waals surface area contributed by atoms with Crippen LogP contribution in [0.3, 0.4) is 0 Å². The molecule has 0 aromatic heterocycles. The number of aldehydes is 1. The monoisotopic (exact) mass is 221 g/mol. The van der Waals surface area contributed by atoms with Crippen LogP contribution in [0.4, 0.5) is 5.69 Å². The number of carbonyl (C=O) groups is 1. The van der Waals surface area contributed by atoms with Crippen LogP contribution in [-0.2, 0) is 10.2 Å². The van der Waals surface area contributed by atoms with Gasteiger partial charge in [-0.3, -0.25) is 10.1 Å². The van der Waals surface area contributed by atoms with E-state index in [1.165, 1.54) is 25.3 Å². The Kier molecular flexibility index (Phi) is 2.38. The van der Waals surface area contributed by atoms with Crippen molar-refractivity contribution < 1.29 is 14.5 Å². The highest BCUT2D eigenvalue weighted by Gasteiger charge is 2.46. The second-order valence-electron chi connectivity index (χ2n) is 3.92. The molecule has 0 aliphatic heterocycles. The van der Waals surface area contributed by atoms with Gasteiger partial charge in [0.1, 0.15) is 12.0 Å². The summed E-state index contributed by atoms with van der Waals surface area (Å²) >= 11 is 0. The predicted octanol–water partition coefficient (Wildman–Crippen LogP) is 1.83. The number of nitro groups is 1. The highest BCUT2D eigenvalue weighted by Crippen LogP contribution is 2.50. The van der Waals surface area contributed by atoms with E-state index in [-0.39, 0.29) is 5.69 Å². The molecule has 5 nitrogen and oxygen atoms in total. The predicted molar refractivity (Wildman–Crippen MR) is 56.6 cm³/mol. The maximum atomic E-state index is 11.0. The fraction of sp³-hybridized carbons (Fsp3) is 0.364. The van der Waals surface area contributed by atoms with E-state index in [9.17, 15) is 14.9 Å². The number of hydrogen-bond donors (Lipinski definition) is 0. The lowest BCUT2D eigenvalue weighted by atomic mass is 9.96. The maximum absolute atomic E-state index is 11.0. The molecule has 5 heteroatoms. The lowest BCUT2D eigenvalue weighted by Gasteiger charge is -2.12. The fourth-order valence-electron chi connectivity index (χ4n) is 1.78. The van der Waals surface area contributed by atoms with Crippen molar-refractivity contribution in [1.29, 1.82) is 0 Å². The zero-order valence-electron chi connectivity index (χ0n) is 8.80. The summed E-state index contributed by atoms with van der Waals surface area (Å²) in [7, 11) is 1.49. The summed E-state index contributed by atoms with van der Waals surface area (Å²) in [6, 6.07) is 4.35. The lowest BCUT2D eigenvalue weighted by Crippen LogP contribution is -2.10. The van der Waals surface area contributed by atoms with Gasteiger partial charge in [0, 0.05) is 17.7 Å². The highest BCUT2D eigenvalue weighted by atomic mass is 16.6. The quantitative estimate of drug-likeness (QED) is 0.442. The summed E-state index contributed by atoms with van der Waals surface area (Å²) in [4.78, 5) is 21.2. The minimum Gasteiger partial charge on any atom is -0.496 e. The Morgan fingerprint density at radius 2 is 2.19 bits per heavy atom. The van der Waals surface area contributed by atoms with Crippen LogP contribution in [-0.4, -0.2) is 18.3 Å². The van der Waals surface area contributed by atoms with Crippen LogP contribution in [0.25, 0.3) is 0 Å². The van der Waals surface area contributed by atoms with Gasteiger partial charge in [0.2, 0.25) is 0 Å². The van der Waals surface area contributed by atoms with E-state index in [2.05, 4.69) is 0 Å². The summed E-state index contributed by atoms with van der Waals surface area (Å²) in [5.41, 5.74) is 0.0558. The van der Waals surface area contributed by atoms with Gasteiger partial charge in [0.05, 0.1) is 17.4 Å². The Labute approximate surface area is 92.2 Å². The molecule has 2 rings (SSSR count). The van der Waals surface area contributed by atoms with Crippen molar-refractivity contribution in [2.24, 2.45) is 0 Å². The van der Waals surface area contributed by atoms with Gasteiger partial charge >= 0.3 is 0 Å². The average molecular weight is 221 g/mol. The van der Waals surface area contributed by atoms with Gasteiger partial charge in [-0.25, -0.2) is 0 Å². The summed E-state index contributed by atoms with van der Waals surface area (Å²) < 4.78 is 5.13. The molecular weight excluding hydrogens is 210 g/mol. The largest absolute Gasteiger partial charge is 0.496 e. The normalized spacial score (nSPS) is 16.6. The van der Waals surface area contributed by atoms with Gasteiger partial charge in [-0.2, -0.15) is 0 Å². The van der Waals surface area contributed by atoms with E-state index < -0.39 is 10.3 Å². The standard InChI is InChI=1S/C11H11NO4/c1-16-10-3-2-8(12(14)15)6-9(10)11(7-13)4-5-11/h2-3,6-7H,4-5H2,1H3. The minimum atomic E-state index is -0.558. The molecule has 1 aliphatic carbocycles. The molecule has 0 spiro atoms. The van der Waals surface area contributed by atoms with Crippen molar-refractivity contribution in [2.45, 2.75) is 18.3 Å². The van der Waals surface area contributed by atoms with Crippen LogP contribution in [0.2, 0.25) is 0 Å². The number of non-ortho nitro benzene ring substituents is 1. The Morgan fingerprint density at radius 3 is 2.62 bits per heavy atom. The molecule has 1 aromatic rings. The number of nitrogens with zero attached hydrogens (tertiary/aromatic N) is 1. The molecule has 84 valence electrons. The number of benzene rings is 1. The first-order valence-corrected chi connectivity index (χ1v) is 4.92. The van der Waals surface area contributed by atoms with Crippen molar-refractivity contribution in [3.63, 3.8) is 0 Å². The van der Waals surface area contributed by atoms with Gasteiger partial charge < -0.3 is 9.53 Å². The Balaban J connectivity index is 2.52. The second-order valence-corrected chi connectivity index (χ2v) is 3.92. The molecule has 0 heterocycles. The molecule has 0 amide bonds. The summed E-state index contributed by atoms with van der Waals surface area (Å²) in [5, 5.41) is 10.7. The molecular formula is C11H11NO4. The van der Waals surface area contributed by atoms with Crippen LogP contribution in [0.15, 0.2) is 18.2 Å². The van der Waals surface area contributed by atoms with Crippen molar-refractivity contribution in [3.05, 3.63) is 33.9 Å². The zero-order valence-corrected chi connectivity index (χ0v) is 8.80. The molecule has 0 radical (unpaired) electrons. The zero-order chi connectivity index (χ0) is 11.8. The fourth-order valence-corrected chi connectivity index (χ4v) is 1.78. The van der Waals surface area contributed by atoms with Crippen molar-refractivity contribution in [1.82, 2.24) is 0 Å². The van der Waals surface area contributed by atoms with Gasteiger partial charge in [-0.05, 0) is 18.9 Å². The highest BCUT2D eigenvalue weighted by molar-refractivity contribution is 5.75. The Morgan fingerprint density at radius 1 is 1.50 bits per heavy atom. The first kappa shape index (κ1) is 10.6. The molecule has 0 N–H and O–H groups in total. The van der Waals surface area contributed by atoms with Crippen LogP contribution in [0, 0.1) is 10.1 Å². The third kappa shape index (κ3) is 1.54. The van der Waals surface area contributed by atoms with Gasteiger partial charge in [0.15, 0.2) is 0 Å². The van der Waals surface area contributed by atoms with Gasteiger partial charge in [-0.1, -0.05) is 0 Å². The second kappa shape index (κ2) is 3.59. The Bertz CT molecular complexity index is 451. The molecule has 1 saturated carbocycles. The summed E-state index contributed by atoms with van der Waals surface area (Å²) in [6.45, 7) is 0. The third-order valence-corrected chi connectivity index (χ3v) is 2.94. The smallest absolute Gasteiger partial charge is 0.270 e. The molecule has 16 heavy (non-hydrogen) atoms. The number of hydrogen-bond acceptors (Lipinski definition) is 4. The Hall–Kier alpha value is -1.91. The number of carbonyl (C=O) groups excluding carboxylic acids is 1. The molecule has 0 bridgehead atoms. The SMILES string of the molecule is COc1ccc([N+](=O)[O-])cc1C1(C=O)CC1. The van der Waals surface area contributed by atoms with E-state index in [0.29, 0.717) is 11.3 Å². The molecule has 1 aliphatic rings. The number of rotatable bonds is 4. The average Bonchev–Trinajstić information content (AvgIpc) is 3.09. The van der Waals surface area contributed by atoms with E-state index in [1.807, 2.05) is 0 Å². The van der Waals surface area contributed by atoms with Crippen LogP contribution < -0.4 is 4.74 Å². The number of nitro benzene ring substituents is 1. The molecule has 1 fully saturated rings. The third-order valence-electron chi connectivity index (χ3n) is 2.94. The van der Waals surface area contributed by atoms with E-state index in [1.54, 1.807) is 0 Å². The lowest BCUT2D eigenvalue weighted by molar-refractivity contribution is -0.385.